The Morgan fingerprint density at radius 2 is 1.72 bits per heavy atom. The van der Waals surface area contributed by atoms with Gasteiger partial charge in [0.2, 0.25) is 0 Å². The summed E-state index contributed by atoms with van der Waals surface area (Å²) in [7, 11) is 0. The number of primary amides is 1. The van der Waals surface area contributed by atoms with Crippen LogP contribution in [-0.2, 0) is 9.53 Å². The molecule has 0 radical (unpaired) electrons. The zero-order chi connectivity index (χ0) is 13.8. The van der Waals surface area contributed by atoms with E-state index in [0.717, 1.165) is 12.8 Å². The van der Waals surface area contributed by atoms with Crippen molar-refractivity contribution in [3.63, 3.8) is 0 Å². The van der Waals surface area contributed by atoms with Crippen LogP contribution in [0, 0.1) is 0 Å². The Morgan fingerprint density at radius 3 is 2.33 bits per heavy atom. The van der Waals surface area contributed by atoms with Gasteiger partial charge in [0.15, 0.2) is 0 Å². The lowest BCUT2D eigenvalue weighted by Gasteiger charge is -2.07. The van der Waals surface area contributed by atoms with Gasteiger partial charge in [0.05, 0.1) is 6.54 Å². The van der Waals surface area contributed by atoms with E-state index in [1.165, 1.54) is 0 Å². The van der Waals surface area contributed by atoms with Gasteiger partial charge >= 0.3 is 18.1 Å². The van der Waals surface area contributed by atoms with Crippen LogP contribution in [0.1, 0.15) is 25.7 Å². The Balaban J connectivity index is 3.26. The number of carbonyl (C=O) groups excluding carboxylic acids is 2. The number of ether oxygens (including phenoxy) is 1. The summed E-state index contributed by atoms with van der Waals surface area (Å²) in [4.78, 5) is 31.5. The first-order valence-electron chi connectivity index (χ1n) is 5.68. The average molecular weight is 261 g/mol. The fraction of sp³-hybridized carbons (Fsp3) is 0.700. The van der Waals surface area contributed by atoms with Crippen molar-refractivity contribution in [3.05, 3.63) is 0 Å². The van der Waals surface area contributed by atoms with E-state index < -0.39 is 12.1 Å². The standard InChI is InChI=1S/C10H19N3O5/c11-9(16)18-7-6-13-10(17)12-5-3-1-2-4-8(14)15/h1-7H2,(H2,11,16)(H,14,15)(H2,12,13,17). The minimum absolute atomic E-state index is 0.0291. The highest BCUT2D eigenvalue weighted by atomic mass is 16.5. The Labute approximate surface area is 105 Å². The molecule has 0 unspecified atom stereocenters. The lowest BCUT2D eigenvalue weighted by atomic mass is 10.2. The summed E-state index contributed by atoms with van der Waals surface area (Å²) in [6.07, 6.45) is 1.34. The summed E-state index contributed by atoms with van der Waals surface area (Å²) in [5.41, 5.74) is 4.73. The number of rotatable bonds is 9. The van der Waals surface area contributed by atoms with Gasteiger partial charge in [0.25, 0.3) is 0 Å². The smallest absolute Gasteiger partial charge is 0.404 e. The predicted molar refractivity (Wildman–Crippen MR) is 63.0 cm³/mol. The molecule has 0 atom stereocenters. The third-order valence-corrected chi connectivity index (χ3v) is 1.98. The molecule has 0 aromatic carbocycles. The SMILES string of the molecule is NC(=O)OCCNC(=O)NCCCCCC(=O)O. The molecule has 5 N–H and O–H groups in total. The number of nitrogens with one attached hydrogen (secondary N) is 2. The fourth-order valence-electron chi connectivity index (χ4n) is 1.16. The number of carbonyl (C=O) groups is 3. The number of aliphatic carboxylic acids is 1. The first kappa shape index (κ1) is 16.0. The molecule has 0 fully saturated rings. The van der Waals surface area contributed by atoms with Crippen LogP contribution in [0.5, 0.6) is 0 Å². The summed E-state index contributed by atoms with van der Waals surface area (Å²) in [5, 5.41) is 13.5. The Morgan fingerprint density at radius 1 is 1.06 bits per heavy atom. The average Bonchev–Trinajstić information content (AvgIpc) is 2.28. The number of carboxylic acid groups (broad SMARTS) is 1. The van der Waals surface area contributed by atoms with E-state index in [4.69, 9.17) is 10.8 Å². The molecule has 0 saturated carbocycles. The summed E-state index contributed by atoms with van der Waals surface area (Å²) < 4.78 is 4.41. The molecule has 0 aromatic heterocycles. The van der Waals surface area contributed by atoms with Crippen LogP contribution in [0.25, 0.3) is 0 Å². The molecule has 0 saturated heterocycles. The van der Waals surface area contributed by atoms with Crippen molar-refractivity contribution in [3.8, 4) is 0 Å². The first-order valence-corrected chi connectivity index (χ1v) is 5.68. The van der Waals surface area contributed by atoms with E-state index in [1.807, 2.05) is 0 Å². The van der Waals surface area contributed by atoms with Crippen LogP contribution < -0.4 is 16.4 Å². The van der Waals surface area contributed by atoms with Crippen LogP contribution in [-0.4, -0.2) is 42.9 Å². The molecule has 18 heavy (non-hydrogen) atoms. The van der Waals surface area contributed by atoms with Gasteiger partial charge in [0.1, 0.15) is 6.61 Å². The monoisotopic (exact) mass is 261 g/mol. The van der Waals surface area contributed by atoms with Gasteiger partial charge in [-0.3, -0.25) is 4.79 Å². The van der Waals surface area contributed by atoms with Gasteiger partial charge in [-0.2, -0.15) is 0 Å². The number of carboxylic acids is 1. The minimum atomic E-state index is -0.879. The number of nitrogens with two attached hydrogens (primary N) is 1. The molecule has 3 amide bonds. The lowest BCUT2D eigenvalue weighted by molar-refractivity contribution is -0.137. The highest BCUT2D eigenvalue weighted by Crippen LogP contribution is 1.98. The van der Waals surface area contributed by atoms with Crippen molar-refractivity contribution in [1.29, 1.82) is 0 Å². The van der Waals surface area contributed by atoms with Gasteiger partial charge in [0, 0.05) is 13.0 Å². The third kappa shape index (κ3) is 12.1. The molecule has 8 heteroatoms. The molecule has 0 rings (SSSR count). The fourth-order valence-corrected chi connectivity index (χ4v) is 1.16. The van der Waals surface area contributed by atoms with Crippen molar-refractivity contribution in [1.82, 2.24) is 10.6 Å². The van der Waals surface area contributed by atoms with Gasteiger partial charge in [-0.15, -0.1) is 0 Å². The molecule has 0 bridgehead atoms. The molecule has 0 aliphatic rings. The van der Waals surface area contributed by atoms with E-state index >= 15 is 0 Å². The van der Waals surface area contributed by atoms with Gasteiger partial charge in [-0.1, -0.05) is 6.42 Å². The lowest BCUT2D eigenvalue weighted by Crippen LogP contribution is -2.38. The molecule has 8 nitrogen and oxygen atoms in total. The van der Waals surface area contributed by atoms with E-state index in [1.54, 1.807) is 0 Å². The van der Waals surface area contributed by atoms with Crippen LogP contribution in [0.4, 0.5) is 9.59 Å². The van der Waals surface area contributed by atoms with E-state index in [2.05, 4.69) is 15.4 Å². The molecule has 0 heterocycles. The Hall–Kier alpha value is -1.99. The molecule has 0 aliphatic heterocycles. The first-order chi connectivity index (χ1) is 8.52. The number of unbranched alkanes of at least 4 members (excludes halogenated alkanes) is 2. The van der Waals surface area contributed by atoms with Crippen LogP contribution in [0.15, 0.2) is 0 Å². The number of urea groups is 1. The number of hydrogen-bond acceptors (Lipinski definition) is 4. The maximum Gasteiger partial charge on any atom is 0.404 e. The number of amides is 3. The summed E-state index contributed by atoms with van der Waals surface area (Å²) in [6, 6.07) is -0.360. The maximum absolute atomic E-state index is 11.1. The zero-order valence-corrected chi connectivity index (χ0v) is 10.1. The van der Waals surface area contributed by atoms with Crippen LogP contribution in [0.3, 0.4) is 0 Å². The quantitative estimate of drug-likeness (QED) is 0.435. The number of hydrogen-bond donors (Lipinski definition) is 4. The molecular weight excluding hydrogens is 242 g/mol. The van der Waals surface area contributed by atoms with E-state index in [0.29, 0.717) is 13.0 Å². The molecule has 0 aliphatic carbocycles. The van der Waals surface area contributed by atoms with Crippen molar-refractivity contribution in [2.45, 2.75) is 25.7 Å². The van der Waals surface area contributed by atoms with Crippen LogP contribution in [0.2, 0.25) is 0 Å². The summed E-state index contributed by atoms with van der Waals surface area (Å²) in [6.45, 7) is 0.692. The minimum Gasteiger partial charge on any atom is -0.481 e. The van der Waals surface area contributed by atoms with Gasteiger partial charge in [-0.05, 0) is 12.8 Å². The van der Waals surface area contributed by atoms with Gasteiger partial charge in [-0.25, -0.2) is 9.59 Å². The highest BCUT2D eigenvalue weighted by molar-refractivity contribution is 5.73. The Bertz CT molecular complexity index is 283. The van der Waals surface area contributed by atoms with E-state index in [-0.39, 0.29) is 25.6 Å². The molecule has 0 aromatic rings. The van der Waals surface area contributed by atoms with Crippen molar-refractivity contribution in [2.24, 2.45) is 5.73 Å². The highest BCUT2D eigenvalue weighted by Gasteiger charge is 2.00. The normalized spacial score (nSPS) is 9.56. The van der Waals surface area contributed by atoms with Crippen LogP contribution >= 0.6 is 0 Å². The largest absolute Gasteiger partial charge is 0.481 e. The summed E-state index contributed by atoms with van der Waals surface area (Å²) >= 11 is 0. The second-order valence-corrected chi connectivity index (χ2v) is 3.55. The second-order valence-electron chi connectivity index (χ2n) is 3.55. The van der Waals surface area contributed by atoms with Gasteiger partial charge < -0.3 is 26.2 Å². The van der Waals surface area contributed by atoms with Crippen molar-refractivity contribution >= 4 is 18.1 Å². The molecule has 0 spiro atoms. The zero-order valence-electron chi connectivity index (χ0n) is 10.1. The maximum atomic E-state index is 11.1. The van der Waals surface area contributed by atoms with Crippen molar-refractivity contribution < 1.29 is 24.2 Å². The third-order valence-electron chi connectivity index (χ3n) is 1.98. The predicted octanol–water partition coefficient (Wildman–Crippen LogP) is 0.0259. The van der Waals surface area contributed by atoms with E-state index in [9.17, 15) is 14.4 Å². The second kappa shape index (κ2) is 10.2. The summed E-state index contributed by atoms with van der Waals surface area (Å²) in [5.74, 6) is -0.810. The van der Waals surface area contributed by atoms with Crippen molar-refractivity contribution in [2.75, 3.05) is 19.7 Å². The molecular formula is C10H19N3O5. The molecule has 104 valence electrons. The topological polar surface area (TPSA) is 131 Å². The Kier molecular flexibility index (Phi) is 9.06.